The van der Waals surface area contributed by atoms with Gasteiger partial charge in [-0.05, 0) is 18.2 Å². The van der Waals surface area contributed by atoms with E-state index < -0.39 is 10.0 Å². The number of hydrogen-bond acceptors (Lipinski definition) is 5. The van der Waals surface area contributed by atoms with Gasteiger partial charge in [0.05, 0.1) is 17.2 Å². The minimum Gasteiger partial charge on any atom is -0.486 e. The van der Waals surface area contributed by atoms with Gasteiger partial charge < -0.3 is 14.6 Å². The number of rotatable bonds is 4. The molecule has 22 heavy (non-hydrogen) atoms. The van der Waals surface area contributed by atoms with Crippen molar-refractivity contribution in [2.45, 2.75) is 11.5 Å². The van der Waals surface area contributed by atoms with E-state index in [-0.39, 0.29) is 11.5 Å². The number of anilines is 1. The minimum atomic E-state index is -3.78. The normalized spacial score (nSPS) is 13.7. The Labute approximate surface area is 128 Å². The molecule has 1 aliphatic heterocycles. The molecule has 116 valence electrons. The first kappa shape index (κ1) is 14.7. The third-order valence-corrected chi connectivity index (χ3v) is 4.62. The zero-order valence-corrected chi connectivity index (χ0v) is 12.5. The van der Waals surface area contributed by atoms with Gasteiger partial charge >= 0.3 is 0 Å². The standard InChI is InChI=1S/C15H15NO5S/c17-10-11-3-1-2-4-13(11)16-22(18,19)12-5-6-14-15(9-12)21-8-7-20-14/h1-6,9,16-17H,7-8,10H2. The molecule has 2 aromatic rings. The van der Waals surface area contributed by atoms with Gasteiger partial charge in [0, 0.05) is 11.6 Å². The maximum atomic E-state index is 12.5. The fraction of sp³-hybridized carbons (Fsp3) is 0.200. The Morgan fingerprint density at radius 3 is 2.55 bits per heavy atom. The van der Waals surface area contributed by atoms with Crippen molar-refractivity contribution in [3.05, 3.63) is 48.0 Å². The van der Waals surface area contributed by atoms with Crippen LogP contribution in [-0.4, -0.2) is 26.7 Å². The average molecular weight is 321 g/mol. The van der Waals surface area contributed by atoms with Crippen LogP contribution in [0.5, 0.6) is 11.5 Å². The van der Waals surface area contributed by atoms with Crippen LogP contribution in [0.15, 0.2) is 47.4 Å². The van der Waals surface area contributed by atoms with Crippen LogP contribution in [0.25, 0.3) is 0 Å². The summed E-state index contributed by atoms with van der Waals surface area (Å²) in [5.74, 6) is 0.936. The topological polar surface area (TPSA) is 84.9 Å². The summed E-state index contributed by atoms with van der Waals surface area (Å²) in [7, 11) is -3.78. The molecule has 0 radical (unpaired) electrons. The molecule has 3 rings (SSSR count). The highest BCUT2D eigenvalue weighted by Gasteiger charge is 2.20. The molecule has 0 spiro atoms. The van der Waals surface area contributed by atoms with Crippen molar-refractivity contribution in [2.75, 3.05) is 17.9 Å². The summed E-state index contributed by atoms with van der Waals surface area (Å²) in [6.07, 6.45) is 0. The summed E-state index contributed by atoms with van der Waals surface area (Å²) in [5.41, 5.74) is 0.850. The second kappa shape index (κ2) is 5.86. The second-order valence-corrected chi connectivity index (χ2v) is 6.41. The molecule has 0 aliphatic carbocycles. The highest BCUT2D eigenvalue weighted by molar-refractivity contribution is 7.92. The fourth-order valence-electron chi connectivity index (χ4n) is 2.15. The molecule has 0 amide bonds. The second-order valence-electron chi connectivity index (χ2n) is 4.73. The Balaban J connectivity index is 1.93. The van der Waals surface area contributed by atoms with E-state index in [1.807, 2.05) is 0 Å². The Hall–Kier alpha value is -2.25. The van der Waals surface area contributed by atoms with E-state index in [1.165, 1.54) is 12.1 Å². The van der Waals surface area contributed by atoms with Crippen LogP contribution in [0.3, 0.4) is 0 Å². The van der Waals surface area contributed by atoms with Gasteiger partial charge in [0.1, 0.15) is 13.2 Å². The molecular weight excluding hydrogens is 306 g/mol. The van der Waals surface area contributed by atoms with Crippen molar-refractivity contribution in [1.29, 1.82) is 0 Å². The molecule has 2 aromatic carbocycles. The van der Waals surface area contributed by atoms with Crippen LogP contribution in [0.1, 0.15) is 5.56 Å². The Morgan fingerprint density at radius 2 is 1.77 bits per heavy atom. The first-order valence-corrected chi connectivity index (χ1v) is 8.20. The molecule has 0 bridgehead atoms. The minimum absolute atomic E-state index is 0.0736. The molecular formula is C15H15NO5S. The van der Waals surface area contributed by atoms with Gasteiger partial charge in [0.25, 0.3) is 10.0 Å². The summed E-state index contributed by atoms with van der Waals surface area (Å²) in [5, 5.41) is 9.27. The average Bonchev–Trinajstić information content (AvgIpc) is 2.54. The molecule has 6 nitrogen and oxygen atoms in total. The molecule has 1 aliphatic rings. The van der Waals surface area contributed by atoms with Crippen LogP contribution < -0.4 is 14.2 Å². The van der Waals surface area contributed by atoms with E-state index in [0.717, 1.165) is 0 Å². The predicted octanol–water partition coefficient (Wildman–Crippen LogP) is 1.75. The monoisotopic (exact) mass is 321 g/mol. The van der Waals surface area contributed by atoms with Crippen molar-refractivity contribution in [3.63, 3.8) is 0 Å². The first-order chi connectivity index (χ1) is 10.6. The largest absolute Gasteiger partial charge is 0.486 e. The molecule has 2 N–H and O–H groups in total. The third kappa shape index (κ3) is 2.86. The Kier molecular flexibility index (Phi) is 3.91. The lowest BCUT2D eigenvalue weighted by Gasteiger charge is -2.19. The van der Waals surface area contributed by atoms with Crippen molar-refractivity contribution in [3.8, 4) is 11.5 Å². The summed E-state index contributed by atoms with van der Waals surface area (Å²) in [6.45, 7) is 0.582. The molecule has 1 heterocycles. The maximum Gasteiger partial charge on any atom is 0.262 e. The van der Waals surface area contributed by atoms with Crippen LogP contribution in [0.2, 0.25) is 0 Å². The van der Waals surface area contributed by atoms with Gasteiger partial charge in [-0.1, -0.05) is 18.2 Å². The van der Waals surface area contributed by atoms with Crippen molar-refractivity contribution in [2.24, 2.45) is 0 Å². The van der Waals surface area contributed by atoms with Crippen molar-refractivity contribution >= 4 is 15.7 Å². The quantitative estimate of drug-likeness (QED) is 0.896. The molecule has 0 saturated carbocycles. The number of ether oxygens (including phenoxy) is 2. The number of sulfonamides is 1. The molecule has 0 unspecified atom stereocenters. The zero-order valence-electron chi connectivity index (χ0n) is 11.7. The van der Waals surface area contributed by atoms with Crippen LogP contribution >= 0.6 is 0 Å². The lowest BCUT2D eigenvalue weighted by atomic mass is 10.2. The third-order valence-electron chi connectivity index (χ3n) is 3.26. The molecule has 0 fully saturated rings. The van der Waals surface area contributed by atoms with Crippen LogP contribution in [0.4, 0.5) is 5.69 Å². The Bertz CT molecular complexity index is 788. The molecule has 0 atom stereocenters. The van der Waals surface area contributed by atoms with E-state index in [4.69, 9.17) is 9.47 Å². The van der Waals surface area contributed by atoms with Gasteiger partial charge in [-0.15, -0.1) is 0 Å². The highest BCUT2D eigenvalue weighted by Crippen LogP contribution is 2.33. The van der Waals surface area contributed by atoms with Gasteiger partial charge in [-0.3, -0.25) is 4.72 Å². The van der Waals surface area contributed by atoms with E-state index >= 15 is 0 Å². The summed E-state index contributed by atoms with van der Waals surface area (Å²) in [4.78, 5) is 0.0736. The number of hydrogen-bond donors (Lipinski definition) is 2. The number of para-hydroxylation sites is 1. The molecule has 7 heteroatoms. The maximum absolute atomic E-state index is 12.5. The van der Waals surface area contributed by atoms with Gasteiger partial charge in [-0.25, -0.2) is 8.42 Å². The van der Waals surface area contributed by atoms with Crippen LogP contribution in [-0.2, 0) is 16.6 Å². The van der Waals surface area contributed by atoms with Gasteiger partial charge in [-0.2, -0.15) is 0 Å². The van der Waals surface area contributed by atoms with E-state index in [1.54, 1.807) is 30.3 Å². The first-order valence-electron chi connectivity index (χ1n) is 6.71. The number of benzene rings is 2. The van der Waals surface area contributed by atoms with Gasteiger partial charge in [0.2, 0.25) is 0 Å². The lowest BCUT2D eigenvalue weighted by molar-refractivity contribution is 0.171. The highest BCUT2D eigenvalue weighted by atomic mass is 32.2. The zero-order chi connectivity index (χ0) is 15.6. The van der Waals surface area contributed by atoms with Crippen molar-refractivity contribution in [1.82, 2.24) is 0 Å². The van der Waals surface area contributed by atoms with Crippen molar-refractivity contribution < 1.29 is 23.0 Å². The smallest absolute Gasteiger partial charge is 0.262 e. The Morgan fingerprint density at radius 1 is 1.05 bits per heavy atom. The summed E-state index contributed by atoms with van der Waals surface area (Å²) < 4.78 is 38.2. The summed E-state index contributed by atoms with van der Waals surface area (Å²) >= 11 is 0. The number of aliphatic hydroxyl groups excluding tert-OH is 1. The molecule has 0 saturated heterocycles. The molecule has 0 aromatic heterocycles. The fourth-order valence-corrected chi connectivity index (χ4v) is 3.27. The van der Waals surface area contributed by atoms with Crippen LogP contribution in [0, 0.1) is 0 Å². The van der Waals surface area contributed by atoms with Gasteiger partial charge in [0.15, 0.2) is 11.5 Å². The number of aliphatic hydroxyl groups is 1. The van der Waals surface area contributed by atoms with E-state index in [9.17, 15) is 13.5 Å². The number of fused-ring (bicyclic) bond motifs is 1. The number of nitrogens with one attached hydrogen (secondary N) is 1. The van der Waals surface area contributed by atoms with E-state index in [2.05, 4.69) is 4.72 Å². The SMILES string of the molecule is O=S(=O)(Nc1ccccc1CO)c1ccc2c(c1)OCCO2. The predicted molar refractivity (Wildman–Crippen MR) is 80.6 cm³/mol. The summed E-state index contributed by atoms with van der Waals surface area (Å²) in [6, 6.07) is 11.1. The lowest BCUT2D eigenvalue weighted by Crippen LogP contribution is -2.17. The van der Waals surface area contributed by atoms with E-state index in [0.29, 0.717) is 36.0 Å².